The Kier molecular flexibility index (Phi) is 8.36. The highest BCUT2D eigenvalue weighted by Crippen LogP contribution is 2.23. The van der Waals surface area contributed by atoms with Gasteiger partial charge in [-0.3, -0.25) is 14.9 Å². The molecular weight excluding hydrogens is 350 g/mol. The Hall–Kier alpha value is -1.18. The molecule has 0 saturated heterocycles. The predicted molar refractivity (Wildman–Crippen MR) is 83.3 cm³/mol. The number of likely N-dealkylation sites (N-methyl/N-ethyl adjacent to an activating group) is 1. The van der Waals surface area contributed by atoms with Gasteiger partial charge < -0.3 is 10.6 Å². The van der Waals surface area contributed by atoms with Crippen molar-refractivity contribution >= 4 is 39.9 Å². The molecule has 20 heavy (non-hydrogen) atoms. The van der Waals surface area contributed by atoms with Crippen molar-refractivity contribution in [2.24, 2.45) is 0 Å². The Bertz CT molecular complexity index is 485. The van der Waals surface area contributed by atoms with Crippen LogP contribution in [0.4, 0.5) is 5.69 Å². The van der Waals surface area contributed by atoms with Crippen LogP contribution in [0, 0.1) is 10.1 Å². The predicted octanol–water partition coefficient (Wildman–Crippen LogP) is 2.05. The van der Waals surface area contributed by atoms with E-state index in [1.165, 1.54) is 12.1 Å². The Balaban J connectivity index is 0.00000361. The van der Waals surface area contributed by atoms with Gasteiger partial charge in [0.2, 0.25) is 5.91 Å². The third-order valence-corrected chi connectivity index (χ3v) is 3.43. The topological polar surface area (TPSA) is 84.3 Å². The fourth-order valence-electron chi connectivity index (χ4n) is 1.40. The number of carbonyl (C=O) groups excluding carboxylic acids is 1. The summed E-state index contributed by atoms with van der Waals surface area (Å²) in [5.41, 5.74) is 0.722. The van der Waals surface area contributed by atoms with Gasteiger partial charge in [-0.1, -0.05) is 22.0 Å². The van der Waals surface area contributed by atoms with Gasteiger partial charge in [0.25, 0.3) is 5.69 Å². The lowest BCUT2D eigenvalue weighted by molar-refractivity contribution is -0.384. The van der Waals surface area contributed by atoms with Crippen LogP contribution in [0.25, 0.3) is 0 Å². The summed E-state index contributed by atoms with van der Waals surface area (Å²) in [6.07, 6.45) is 0.189. The number of halogens is 2. The first-order valence-electron chi connectivity index (χ1n) is 5.80. The summed E-state index contributed by atoms with van der Waals surface area (Å²) in [6.45, 7) is 2.50. The van der Waals surface area contributed by atoms with Crippen LogP contribution < -0.4 is 10.6 Å². The van der Waals surface area contributed by atoms with Gasteiger partial charge in [0.15, 0.2) is 0 Å². The molecule has 0 aliphatic heterocycles. The number of benzene rings is 1. The van der Waals surface area contributed by atoms with Gasteiger partial charge >= 0.3 is 0 Å². The fourth-order valence-corrected chi connectivity index (χ4v) is 1.90. The average molecular weight is 367 g/mol. The molecular formula is C12H17BrClN3O3. The molecule has 6 nitrogen and oxygen atoms in total. The summed E-state index contributed by atoms with van der Waals surface area (Å²) in [7, 11) is 1.82. The van der Waals surface area contributed by atoms with Crippen molar-refractivity contribution in [1.29, 1.82) is 0 Å². The first-order valence-corrected chi connectivity index (χ1v) is 6.60. The monoisotopic (exact) mass is 365 g/mol. The number of amides is 1. The van der Waals surface area contributed by atoms with Crippen molar-refractivity contribution in [2.75, 3.05) is 13.6 Å². The Labute approximate surface area is 132 Å². The van der Waals surface area contributed by atoms with E-state index in [-0.39, 0.29) is 36.5 Å². The van der Waals surface area contributed by atoms with Gasteiger partial charge in [-0.05, 0) is 19.5 Å². The zero-order valence-corrected chi connectivity index (χ0v) is 13.6. The number of non-ortho nitro benzene ring substituents is 1. The maximum atomic E-state index is 11.7. The summed E-state index contributed by atoms with van der Waals surface area (Å²) in [5.74, 6) is -0.114. The van der Waals surface area contributed by atoms with Crippen molar-refractivity contribution < 1.29 is 9.72 Å². The zero-order valence-electron chi connectivity index (χ0n) is 11.2. The van der Waals surface area contributed by atoms with Crippen LogP contribution in [0.15, 0.2) is 22.7 Å². The smallest absolute Gasteiger partial charge is 0.270 e. The zero-order chi connectivity index (χ0) is 14.4. The second-order valence-electron chi connectivity index (χ2n) is 4.20. The number of nitro benzene ring substituents is 1. The van der Waals surface area contributed by atoms with E-state index in [9.17, 15) is 14.9 Å². The summed E-state index contributed by atoms with van der Waals surface area (Å²) in [4.78, 5) is 21.8. The Morgan fingerprint density at radius 1 is 1.50 bits per heavy atom. The largest absolute Gasteiger partial charge is 0.354 e. The van der Waals surface area contributed by atoms with Crippen LogP contribution in [0.1, 0.15) is 12.5 Å². The molecule has 0 heterocycles. The van der Waals surface area contributed by atoms with E-state index in [0.717, 1.165) is 5.56 Å². The number of rotatable bonds is 6. The molecule has 8 heteroatoms. The van der Waals surface area contributed by atoms with Crippen LogP contribution in [-0.2, 0) is 11.2 Å². The first-order chi connectivity index (χ1) is 8.93. The SMILES string of the molecule is CNC(C)CNC(=O)Cc1ccc([N+](=O)[O-])cc1Br.Cl. The number of carbonyl (C=O) groups is 1. The van der Waals surface area contributed by atoms with E-state index < -0.39 is 4.92 Å². The number of nitrogens with one attached hydrogen (secondary N) is 2. The highest BCUT2D eigenvalue weighted by Gasteiger charge is 2.12. The molecule has 1 unspecified atom stereocenters. The molecule has 1 aromatic carbocycles. The van der Waals surface area contributed by atoms with Crippen LogP contribution in [0.2, 0.25) is 0 Å². The maximum Gasteiger partial charge on any atom is 0.270 e. The van der Waals surface area contributed by atoms with Crippen LogP contribution in [-0.4, -0.2) is 30.5 Å². The lowest BCUT2D eigenvalue weighted by Crippen LogP contribution is -2.37. The standard InChI is InChI=1S/C12H16BrN3O3.ClH/c1-8(14-2)7-15-12(17)5-9-3-4-10(16(18)19)6-11(9)13;/h3-4,6,8,14H,5,7H2,1-2H3,(H,15,17);1H. The van der Waals surface area contributed by atoms with E-state index in [1.54, 1.807) is 6.07 Å². The van der Waals surface area contributed by atoms with Crippen molar-refractivity contribution in [3.63, 3.8) is 0 Å². The molecule has 0 spiro atoms. The number of hydrogen-bond donors (Lipinski definition) is 2. The van der Waals surface area contributed by atoms with E-state index >= 15 is 0 Å². The molecule has 1 aromatic rings. The minimum Gasteiger partial charge on any atom is -0.354 e. The van der Waals surface area contributed by atoms with Crippen molar-refractivity contribution in [1.82, 2.24) is 10.6 Å². The average Bonchev–Trinajstić information content (AvgIpc) is 2.38. The molecule has 1 amide bonds. The van der Waals surface area contributed by atoms with Gasteiger partial charge in [-0.25, -0.2) is 0 Å². The molecule has 2 N–H and O–H groups in total. The molecule has 0 fully saturated rings. The molecule has 0 aliphatic rings. The quantitative estimate of drug-likeness (QED) is 0.596. The maximum absolute atomic E-state index is 11.7. The molecule has 0 radical (unpaired) electrons. The molecule has 0 bridgehead atoms. The summed E-state index contributed by atoms with van der Waals surface area (Å²) in [5, 5.41) is 16.4. The summed E-state index contributed by atoms with van der Waals surface area (Å²) >= 11 is 3.24. The molecule has 1 atom stereocenters. The van der Waals surface area contributed by atoms with Gasteiger partial charge in [-0.2, -0.15) is 0 Å². The third kappa shape index (κ3) is 5.85. The van der Waals surface area contributed by atoms with Gasteiger partial charge in [-0.15, -0.1) is 12.4 Å². The van der Waals surface area contributed by atoms with Gasteiger partial charge in [0.05, 0.1) is 11.3 Å². The van der Waals surface area contributed by atoms with Crippen molar-refractivity contribution in [3.8, 4) is 0 Å². The Morgan fingerprint density at radius 3 is 2.65 bits per heavy atom. The molecule has 1 rings (SSSR count). The third-order valence-electron chi connectivity index (χ3n) is 2.70. The number of nitrogens with zero attached hydrogens (tertiary/aromatic N) is 1. The lowest BCUT2D eigenvalue weighted by Gasteiger charge is -2.11. The highest BCUT2D eigenvalue weighted by molar-refractivity contribution is 9.10. The second kappa shape index (κ2) is 8.89. The summed E-state index contributed by atoms with van der Waals surface area (Å²) in [6, 6.07) is 4.58. The minimum absolute atomic E-state index is 0. The van der Waals surface area contributed by atoms with Gasteiger partial charge in [0.1, 0.15) is 0 Å². The normalized spacial score (nSPS) is 11.3. The second-order valence-corrected chi connectivity index (χ2v) is 5.06. The molecule has 0 aliphatic carbocycles. The van der Waals surface area contributed by atoms with Crippen molar-refractivity contribution in [3.05, 3.63) is 38.3 Å². The van der Waals surface area contributed by atoms with Crippen LogP contribution in [0.5, 0.6) is 0 Å². The van der Waals surface area contributed by atoms with E-state index in [4.69, 9.17) is 0 Å². The minimum atomic E-state index is -0.469. The molecule has 0 aromatic heterocycles. The Morgan fingerprint density at radius 2 is 2.15 bits per heavy atom. The fraction of sp³-hybridized carbons (Fsp3) is 0.417. The molecule has 112 valence electrons. The van der Waals surface area contributed by atoms with Crippen LogP contribution >= 0.6 is 28.3 Å². The van der Waals surface area contributed by atoms with E-state index in [1.807, 2.05) is 14.0 Å². The van der Waals surface area contributed by atoms with E-state index in [0.29, 0.717) is 11.0 Å². The van der Waals surface area contributed by atoms with Crippen LogP contribution in [0.3, 0.4) is 0 Å². The lowest BCUT2D eigenvalue weighted by atomic mass is 10.1. The molecule has 0 saturated carbocycles. The number of nitro groups is 1. The summed E-state index contributed by atoms with van der Waals surface area (Å²) < 4.78 is 0.568. The first kappa shape index (κ1) is 18.8. The number of hydrogen-bond acceptors (Lipinski definition) is 4. The highest BCUT2D eigenvalue weighted by atomic mass is 79.9. The van der Waals surface area contributed by atoms with E-state index in [2.05, 4.69) is 26.6 Å². The van der Waals surface area contributed by atoms with Gasteiger partial charge in [0, 0.05) is 29.2 Å². The van der Waals surface area contributed by atoms with Crippen molar-refractivity contribution in [2.45, 2.75) is 19.4 Å².